The maximum atomic E-state index is 11.9. The molecule has 12 nitrogen and oxygen atoms in total. The minimum absolute atomic E-state index is 0.156. The summed E-state index contributed by atoms with van der Waals surface area (Å²) in [4.78, 5) is 23.7. The lowest BCUT2D eigenvalue weighted by Crippen LogP contribution is -2.43. The second-order valence-electron chi connectivity index (χ2n) is 7.72. The van der Waals surface area contributed by atoms with Crippen LogP contribution < -0.4 is 14.7 Å². The van der Waals surface area contributed by atoms with Crippen LogP contribution in [0.4, 0.5) is 17.6 Å². The van der Waals surface area contributed by atoms with Gasteiger partial charge in [0, 0.05) is 27.3 Å². The summed E-state index contributed by atoms with van der Waals surface area (Å²) < 4.78 is 22.5. The fourth-order valence-electron chi connectivity index (χ4n) is 3.70. The highest BCUT2D eigenvalue weighted by Crippen LogP contribution is 2.31. The second kappa shape index (κ2) is 11.9. The topological polar surface area (TPSA) is 143 Å². The predicted octanol–water partition coefficient (Wildman–Crippen LogP) is -0.429. The summed E-state index contributed by atoms with van der Waals surface area (Å²) in [5.41, 5.74) is 1.04. The Morgan fingerprint density at radius 2 is 1.64 bits per heavy atom. The number of methoxy groups -OCH3 is 2. The van der Waals surface area contributed by atoms with E-state index in [2.05, 4.69) is 19.9 Å². The molecule has 2 aromatic heterocycles. The number of rotatable bonds is 11. The van der Waals surface area contributed by atoms with E-state index >= 15 is 0 Å². The van der Waals surface area contributed by atoms with Gasteiger partial charge >= 0.3 is 0 Å². The molecule has 1 aliphatic rings. The Morgan fingerprint density at radius 3 is 2.18 bits per heavy atom. The van der Waals surface area contributed by atoms with Gasteiger partial charge in [0.15, 0.2) is 11.6 Å². The number of anilines is 3. The molecule has 1 fully saturated rings. The normalized spacial score (nSPS) is 16.8. The molecule has 1 saturated heterocycles. The molecule has 2 atom stereocenters. The molecular formula is C20H33N7O5S. The molecule has 33 heavy (non-hydrogen) atoms. The Kier molecular flexibility index (Phi) is 9.23. The maximum absolute atomic E-state index is 11.9. The number of ether oxygens (including phenoxy) is 2. The standard InChI is InChI=1S/C20H33N7O5S/c1-14(28)27(15(2)29)20-23-17-16(19(24-20)26-7-11-33(30)12-8-26)21-13-22-18(17)25(5-9-31-3)6-10-32-4/h13-15,28-29H,5-12H2,1-4H3. The van der Waals surface area contributed by atoms with Crippen LogP contribution in [0.2, 0.25) is 0 Å². The van der Waals surface area contributed by atoms with E-state index in [0.29, 0.717) is 73.6 Å². The van der Waals surface area contributed by atoms with Crippen molar-refractivity contribution in [3.63, 3.8) is 0 Å². The first-order valence-electron chi connectivity index (χ1n) is 10.9. The van der Waals surface area contributed by atoms with Gasteiger partial charge in [-0.15, -0.1) is 0 Å². The van der Waals surface area contributed by atoms with Gasteiger partial charge in [0.1, 0.15) is 41.3 Å². The van der Waals surface area contributed by atoms with E-state index < -0.39 is 23.6 Å². The first-order chi connectivity index (χ1) is 15.9. The van der Waals surface area contributed by atoms with Crippen LogP contribution in [0.15, 0.2) is 6.33 Å². The van der Waals surface area contributed by atoms with E-state index in [1.807, 2.05) is 9.80 Å². The third-order valence-electron chi connectivity index (χ3n) is 5.38. The SMILES string of the molecule is COCCN(CCOC)c1ncnc2c(N3CC[S+]([O-])CC3)nc(N(C(C)O)C(C)O)nc12. The predicted molar refractivity (Wildman–Crippen MR) is 127 cm³/mol. The van der Waals surface area contributed by atoms with Crippen LogP contribution in [0.25, 0.3) is 11.0 Å². The fraction of sp³-hybridized carbons (Fsp3) is 0.700. The van der Waals surface area contributed by atoms with Gasteiger partial charge in [0.25, 0.3) is 0 Å². The zero-order valence-corrected chi connectivity index (χ0v) is 20.4. The molecule has 0 bridgehead atoms. The number of nitrogens with zero attached hydrogens (tertiary/aromatic N) is 7. The Bertz CT molecular complexity index is 882. The van der Waals surface area contributed by atoms with Crippen LogP contribution in [-0.4, -0.2) is 112 Å². The first kappa shape index (κ1) is 25.6. The first-order valence-corrected chi connectivity index (χ1v) is 12.4. The van der Waals surface area contributed by atoms with Gasteiger partial charge < -0.3 is 34.0 Å². The summed E-state index contributed by atoms with van der Waals surface area (Å²) in [5, 5.41) is 20.6. The second-order valence-corrected chi connectivity index (χ2v) is 9.42. The summed E-state index contributed by atoms with van der Waals surface area (Å²) in [6.45, 7) is 6.25. The van der Waals surface area contributed by atoms with Crippen molar-refractivity contribution < 1.29 is 24.2 Å². The molecule has 0 saturated carbocycles. The van der Waals surface area contributed by atoms with E-state index in [4.69, 9.17) is 9.47 Å². The largest absolute Gasteiger partial charge is 0.616 e. The van der Waals surface area contributed by atoms with Crippen molar-refractivity contribution in [3.8, 4) is 0 Å². The quantitative estimate of drug-likeness (QED) is 0.316. The molecule has 0 radical (unpaired) electrons. The van der Waals surface area contributed by atoms with Crippen LogP contribution in [0, 0.1) is 0 Å². The number of aromatic nitrogens is 4. The average Bonchev–Trinajstić information content (AvgIpc) is 2.78. The van der Waals surface area contributed by atoms with Crippen LogP contribution in [0.1, 0.15) is 13.8 Å². The average molecular weight is 484 g/mol. The highest BCUT2D eigenvalue weighted by molar-refractivity contribution is 7.91. The van der Waals surface area contributed by atoms with Crippen molar-refractivity contribution in [1.29, 1.82) is 0 Å². The van der Waals surface area contributed by atoms with Gasteiger partial charge in [0.05, 0.1) is 26.3 Å². The molecule has 2 unspecified atom stereocenters. The molecule has 13 heteroatoms. The number of hydrogen-bond acceptors (Lipinski definition) is 12. The number of aliphatic hydroxyl groups excluding tert-OH is 2. The molecule has 2 N–H and O–H groups in total. The van der Waals surface area contributed by atoms with Crippen molar-refractivity contribution in [1.82, 2.24) is 19.9 Å². The molecule has 0 aliphatic carbocycles. The molecule has 2 aromatic rings. The van der Waals surface area contributed by atoms with Crippen molar-refractivity contribution in [2.75, 3.05) is 79.8 Å². The Balaban J connectivity index is 2.18. The minimum Gasteiger partial charge on any atom is -0.616 e. The summed E-state index contributed by atoms with van der Waals surface area (Å²) in [6, 6.07) is 0. The third kappa shape index (κ3) is 6.11. The third-order valence-corrected chi connectivity index (χ3v) is 6.65. The van der Waals surface area contributed by atoms with Crippen molar-refractivity contribution >= 4 is 39.8 Å². The maximum Gasteiger partial charge on any atom is 0.232 e. The lowest BCUT2D eigenvalue weighted by atomic mass is 10.3. The molecule has 3 heterocycles. The van der Waals surface area contributed by atoms with Gasteiger partial charge in [-0.05, 0) is 13.8 Å². The molecule has 0 amide bonds. The molecule has 3 rings (SSSR count). The summed E-state index contributed by atoms with van der Waals surface area (Å²) in [7, 11) is 3.27. The van der Waals surface area contributed by atoms with Crippen molar-refractivity contribution in [2.45, 2.75) is 26.3 Å². The van der Waals surface area contributed by atoms with Crippen LogP contribution in [0.5, 0.6) is 0 Å². The van der Waals surface area contributed by atoms with Gasteiger partial charge in [-0.1, -0.05) is 11.2 Å². The van der Waals surface area contributed by atoms with Crippen LogP contribution in [-0.2, 0) is 20.6 Å². The summed E-state index contributed by atoms with van der Waals surface area (Å²) >= 11 is -0.861. The number of aliphatic hydroxyl groups is 2. The fourth-order valence-corrected chi connectivity index (χ4v) is 4.75. The minimum atomic E-state index is -1.03. The molecule has 0 aromatic carbocycles. The van der Waals surface area contributed by atoms with E-state index in [0.717, 1.165) is 0 Å². The molecule has 184 valence electrons. The zero-order chi connectivity index (χ0) is 24.0. The highest BCUT2D eigenvalue weighted by Gasteiger charge is 2.28. The molecular weight excluding hydrogens is 450 g/mol. The van der Waals surface area contributed by atoms with E-state index in [-0.39, 0.29) is 5.95 Å². The summed E-state index contributed by atoms with van der Waals surface area (Å²) in [6.07, 6.45) is -0.592. The van der Waals surface area contributed by atoms with E-state index in [9.17, 15) is 14.8 Å². The van der Waals surface area contributed by atoms with E-state index in [1.54, 1.807) is 14.2 Å². The van der Waals surface area contributed by atoms with Crippen LogP contribution >= 0.6 is 0 Å². The molecule has 0 spiro atoms. The zero-order valence-electron chi connectivity index (χ0n) is 19.5. The summed E-state index contributed by atoms with van der Waals surface area (Å²) in [5.74, 6) is 2.35. The molecule has 1 aliphatic heterocycles. The Labute approximate surface area is 196 Å². The lowest BCUT2D eigenvalue weighted by molar-refractivity contribution is 0.103. The van der Waals surface area contributed by atoms with E-state index in [1.165, 1.54) is 25.1 Å². The number of hydrogen-bond donors (Lipinski definition) is 2. The Morgan fingerprint density at radius 1 is 1.03 bits per heavy atom. The van der Waals surface area contributed by atoms with Crippen molar-refractivity contribution in [2.24, 2.45) is 0 Å². The number of fused-ring (bicyclic) bond motifs is 1. The highest BCUT2D eigenvalue weighted by atomic mass is 32.2. The van der Waals surface area contributed by atoms with Crippen molar-refractivity contribution in [3.05, 3.63) is 6.33 Å². The van der Waals surface area contributed by atoms with Gasteiger partial charge in [-0.3, -0.25) is 4.90 Å². The van der Waals surface area contributed by atoms with Gasteiger partial charge in [0.2, 0.25) is 5.95 Å². The smallest absolute Gasteiger partial charge is 0.232 e. The monoisotopic (exact) mass is 483 g/mol. The van der Waals surface area contributed by atoms with Gasteiger partial charge in [-0.2, -0.15) is 4.98 Å². The van der Waals surface area contributed by atoms with Crippen LogP contribution in [0.3, 0.4) is 0 Å². The van der Waals surface area contributed by atoms with Gasteiger partial charge in [-0.25, -0.2) is 15.0 Å². The lowest BCUT2D eigenvalue weighted by Gasteiger charge is -2.32. The Hall–Kier alpha value is -2.03.